The van der Waals surface area contributed by atoms with Crippen molar-refractivity contribution in [1.29, 1.82) is 0 Å². The molecule has 1 aliphatic carbocycles. The van der Waals surface area contributed by atoms with Crippen LogP contribution in [-0.4, -0.2) is 28.6 Å². The van der Waals surface area contributed by atoms with Crippen LogP contribution in [0.4, 0.5) is 0 Å². The van der Waals surface area contributed by atoms with Crippen LogP contribution in [0.25, 0.3) is 11.0 Å². The molecule has 1 aromatic carbocycles. The van der Waals surface area contributed by atoms with Crippen molar-refractivity contribution in [2.45, 2.75) is 57.5 Å². The Morgan fingerprint density at radius 2 is 2.17 bits per heavy atom. The SMILES string of the molecule is CC[C@@H]1C[C@H]2C[C@H]3c4oc5ccc(O)cc5c4C[C@H](C)N(C2)C13. The van der Waals surface area contributed by atoms with Crippen molar-refractivity contribution in [2.24, 2.45) is 11.8 Å². The van der Waals surface area contributed by atoms with Crippen molar-refractivity contribution < 1.29 is 9.52 Å². The Balaban J connectivity index is 1.72. The molecule has 1 aromatic heterocycles. The van der Waals surface area contributed by atoms with E-state index in [1.807, 2.05) is 12.1 Å². The van der Waals surface area contributed by atoms with Crippen molar-refractivity contribution in [3.8, 4) is 5.75 Å². The second-order valence-electron chi connectivity index (χ2n) is 7.98. The fraction of sp³-hybridized carbons (Fsp3) is 0.600. The van der Waals surface area contributed by atoms with Gasteiger partial charge in [-0.15, -0.1) is 0 Å². The van der Waals surface area contributed by atoms with E-state index in [-0.39, 0.29) is 0 Å². The third kappa shape index (κ3) is 1.86. The Bertz CT molecular complexity index is 764. The van der Waals surface area contributed by atoms with Crippen LogP contribution in [0.15, 0.2) is 22.6 Å². The number of phenols is 1. The number of phenolic OH excluding ortho intramolecular Hbond substituents is 1. The molecular weight excluding hydrogens is 286 g/mol. The van der Waals surface area contributed by atoms with Crippen LogP contribution in [0.2, 0.25) is 0 Å². The van der Waals surface area contributed by atoms with Crippen molar-refractivity contribution in [3.05, 3.63) is 29.5 Å². The number of piperidine rings is 2. The highest BCUT2D eigenvalue weighted by Gasteiger charge is 2.51. The summed E-state index contributed by atoms with van der Waals surface area (Å²) in [4.78, 5) is 2.78. The van der Waals surface area contributed by atoms with E-state index in [2.05, 4.69) is 18.7 Å². The molecule has 4 bridgehead atoms. The molecule has 3 heteroatoms. The fourth-order valence-electron chi connectivity index (χ4n) is 5.78. The molecule has 4 heterocycles. The summed E-state index contributed by atoms with van der Waals surface area (Å²) < 4.78 is 6.37. The first-order chi connectivity index (χ1) is 11.2. The van der Waals surface area contributed by atoms with Gasteiger partial charge in [0.2, 0.25) is 0 Å². The van der Waals surface area contributed by atoms with Crippen LogP contribution in [0, 0.1) is 11.8 Å². The van der Waals surface area contributed by atoms with Gasteiger partial charge < -0.3 is 9.52 Å². The van der Waals surface area contributed by atoms with E-state index < -0.39 is 0 Å². The molecule has 2 unspecified atom stereocenters. The standard InChI is InChI=1S/C20H25NO2/c1-3-13-7-12-8-17-19(13)21(10-12)11(2)6-16-15-9-14(22)4-5-18(15)23-20(16)17/h4-5,9,11-13,17,19,22H,3,6-8,10H2,1-2H3/t11-,12-,13+,17+,19?/m0/s1. The molecule has 6 atom stereocenters. The largest absolute Gasteiger partial charge is 0.508 e. The highest BCUT2D eigenvalue weighted by molar-refractivity contribution is 5.84. The number of fused-ring (bicyclic) bond motifs is 4. The van der Waals surface area contributed by atoms with Crippen LogP contribution in [0.5, 0.6) is 5.75 Å². The van der Waals surface area contributed by atoms with Gasteiger partial charge in [-0.25, -0.2) is 0 Å². The Labute approximate surface area is 137 Å². The Morgan fingerprint density at radius 3 is 3.00 bits per heavy atom. The van der Waals surface area contributed by atoms with Crippen LogP contribution in [0.3, 0.4) is 0 Å². The zero-order valence-corrected chi connectivity index (χ0v) is 14.0. The van der Waals surface area contributed by atoms with Gasteiger partial charge in [-0.2, -0.15) is 0 Å². The van der Waals surface area contributed by atoms with Gasteiger partial charge in [0.05, 0.1) is 0 Å². The van der Waals surface area contributed by atoms with Gasteiger partial charge >= 0.3 is 0 Å². The molecule has 3 fully saturated rings. The minimum absolute atomic E-state index is 0.342. The van der Waals surface area contributed by atoms with E-state index in [4.69, 9.17) is 4.42 Å². The molecule has 23 heavy (non-hydrogen) atoms. The molecule has 0 spiro atoms. The minimum atomic E-state index is 0.342. The van der Waals surface area contributed by atoms with E-state index in [1.54, 1.807) is 6.07 Å². The first-order valence-corrected chi connectivity index (χ1v) is 9.15. The summed E-state index contributed by atoms with van der Waals surface area (Å²) in [5.74, 6) is 3.75. The molecule has 3 aliphatic heterocycles. The van der Waals surface area contributed by atoms with Gasteiger partial charge in [0, 0.05) is 35.5 Å². The van der Waals surface area contributed by atoms with Crippen molar-refractivity contribution in [3.63, 3.8) is 0 Å². The minimum Gasteiger partial charge on any atom is -0.508 e. The lowest BCUT2D eigenvalue weighted by Crippen LogP contribution is -2.58. The normalized spacial score (nSPS) is 38.5. The van der Waals surface area contributed by atoms with Crippen LogP contribution in [-0.2, 0) is 6.42 Å². The van der Waals surface area contributed by atoms with Crippen LogP contribution < -0.4 is 0 Å². The molecule has 2 aromatic rings. The molecular formula is C20H25NO2. The second-order valence-corrected chi connectivity index (χ2v) is 7.98. The first kappa shape index (κ1) is 13.9. The second kappa shape index (κ2) is 4.76. The van der Waals surface area contributed by atoms with Crippen molar-refractivity contribution in [2.75, 3.05) is 6.54 Å². The lowest BCUT2D eigenvalue weighted by atomic mass is 9.65. The van der Waals surface area contributed by atoms with Crippen LogP contribution >= 0.6 is 0 Å². The maximum absolute atomic E-state index is 9.91. The summed E-state index contributed by atoms with van der Waals surface area (Å²) in [6.07, 6.45) is 5.00. The molecule has 6 rings (SSSR count). The molecule has 1 N–H and O–H groups in total. The van der Waals surface area contributed by atoms with Crippen LogP contribution in [0.1, 0.15) is 50.4 Å². The van der Waals surface area contributed by atoms with E-state index in [9.17, 15) is 5.11 Å². The van der Waals surface area contributed by atoms with Gasteiger partial charge in [-0.1, -0.05) is 13.3 Å². The average Bonchev–Trinajstić information content (AvgIpc) is 2.88. The van der Waals surface area contributed by atoms with Gasteiger partial charge in [0.1, 0.15) is 17.1 Å². The quantitative estimate of drug-likeness (QED) is 0.853. The van der Waals surface area contributed by atoms with E-state index in [0.717, 1.165) is 29.2 Å². The molecule has 3 nitrogen and oxygen atoms in total. The summed E-state index contributed by atoms with van der Waals surface area (Å²) in [6, 6.07) is 6.77. The summed E-state index contributed by atoms with van der Waals surface area (Å²) in [5.41, 5.74) is 2.31. The first-order valence-electron chi connectivity index (χ1n) is 9.15. The number of aromatic hydroxyl groups is 1. The van der Waals surface area contributed by atoms with Crippen molar-refractivity contribution in [1.82, 2.24) is 4.90 Å². The summed E-state index contributed by atoms with van der Waals surface area (Å²) in [5, 5.41) is 11.0. The molecule has 2 saturated heterocycles. The van der Waals surface area contributed by atoms with Crippen molar-refractivity contribution >= 4 is 11.0 Å². The predicted molar refractivity (Wildman–Crippen MR) is 90.8 cm³/mol. The molecule has 122 valence electrons. The monoisotopic (exact) mass is 311 g/mol. The maximum Gasteiger partial charge on any atom is 0.134 e. The maximum atomic E-state index is 9.91. The number of hydrogen-bond donors (Lipinski definition) is 1. The Hall–Kier alpha value is -1.48. The third-order valence-corrected chi connectivity index (χ3v) is 6.70. The number of benzene rings is 1. The zero-order chi connectivity index (χ0) is 15.7. The van der Waals surface area contributed by atoms with Gasteiger partial charge in [-0.05, 0) is 56.2 Å². The van der Waals surface area contributed by atoms with Gasteiger partial charge in [0.25, 0.3) is 0 Å². The molecule has 4 aliphatic rings. The summed E-state index contributed by atoms with van der Waals surface area (Å²) >= 11 is 0. The highest BCUT2D eigenvalue weighted by atomic mass is 16.3. The van der Waals surface area contributed by atoms with E-state index >= 15 is 0 Å². The third-order valence-electron chi connectivity index (χ3n) is 6.70. The molecule has 0 radical (unpaired) electrons. The lowest BCUT2D eigenvalue weighted by Gasteiger charge is -2.54. The van der Waals surface area contributed by atoms with E-state index in [1.165, 1.54) is 37.1 Å². The fourth-order valence-corrected chi connectivity index (χ4v) is 5.78. The number of rotatable bonds is 1. The lowest BCUT2D eigenvalue weighted by molar-refractivity contribution is -0.0384. The summed E-state index contributed by atoms with van der Waals surface area (Å²) in [6.45, 7) is 5.99. The Kier molecular flexibility index (Phi) is 2.88. The predicted octanol–water partition coefficient (Wildman–Crippen LogP) is 4.29. The number of hydrogen-bond acceptors (Lipinski definition) is 3. The van der Waals surface area contributed by atoms with Gasteiger partial charge in [-0.3, -0.25) is 4.90 Å². The smallest absolute Gasteiger partial charge is 0.134 e. The van der Waals surface area contributed by atoms with Gasteiger partial charge in [0.15, 0.2) is 0 Å². The number of nitrogens with zero attached hydrogens (tertiary/aromatic N) is 1. The zero-order valence-electron chi connectivity index (χ0n) is 14.0. The highest BCUT2D eigenvalue weighted by Crippen LogP contribution is 2.53. The molecule has 1 saturated carbocycles. The molecule has 0 amide bonds. The topological polar surface area (TPSA) is 36.6 Å². The van der Waals surface area contributed by atoms with E-state index in [0.29, 0.717) is 23.8 Å². The average molecular weight is 311 g/mol. The summed E-state index contributed by atoms with van der Waals surface area (Å²) in [7, 11) is 0. The number of furan rings is 1. The Morgan fingerprint density at radius 1 is 1.30 bits per heavy atom.